The summed E-state index contributed by atoms with van der Waals surface area (Å²) in [5.74, 6) is -0.137. The Hall–Kier alpha value is -0.660. The molecule has 1 aliphatic heterocycles. The van der Waals surface area contributed by atoms with Gasteiger partial charge in [-0.3, -0.25) is 4.79 Å². The van der Waals surface area contributed by atoms with Crippen LogP contribution in [0, 0.1) is 0 Å². The highest BCUT2D eigenvalue weighted by molar-refractivity contribution is 7.89. The van der Waals surface area contributed by atoms with Crippen LogP contribution in [0.1, 0.15) is 32.6 Å². The van der Waals surface area contributed by atoms with Crippen molar-refractivity contribution >= 4 is 15.9 Å². The zero-order valence-corrected chi connectivity index (χ0v) is 11.6. The van der Waals surface area contributed by atoms with E-state index in [0.29, 0.717) is 19.8 Å². The number of nitrogens with zero attached hydrogens (tertiary/aromatic N) is 1. The van der Waals surface area contributed by atoms with E-state index >= 15 is 0 Å². The van der Waals surface area contributed by atoms with Crippen molar-refractivity contribution in [3.05, 3.63) is 0 Å². The van der Waals surface area contributed by atoms with Gasteiger partial charge in [0, 0.05) is 13.0 Å². The standard InChI is InChI=1S/C11H22N2O4S/c1-2-4-10-9-17-7-6-13(10)11(14)5-3-8-18(12,15)16/h10H,2-9H2,1H3,(H2,12,15,16)/t10-/m1/s1. The molecule has 0 aromatic rings. The molecule has 1 fully saturated rings. The van der Waals surface area contributed by atoms with E-state index in [9.17, 15) is 13.2 Å². The molecule has 0 unspecified atom stereocenters. The smallest absolute Gasteiger partial charge is 0.223 e. The molecule has 1 saturated heterocycles. The van der Waals surface area contributed by atoms with Gasteiger partial charge in [-0.25, -0.2) is 13.6 Å². The summed E-state index contributed by atoms with van der Waals surface area (Å²) in [6.45, 7) is 3.80. The summed E-state index contributed by atoms with van der Waals surface area (Å²) < 4.78 is 26.9. The van der Waals surface area contributed by atoms with Gasteiger partial charge in [0.2, 0.25) is 15.9 Å². The van der Waals surface area contributed by atoms with Crippen molar-refractivity contribution in [1.82, 2.24) is 4.90 Å². The Morgan fingerprint density at radius 1 is 1.50 bits per heavy atom. The third kappa shape index (κ3) is 5.32. The van der Waals surface area contributed by atoms with Crippen LogP contribution >= 0.6 is 0 Å². The number of hydrogen-bond acceptors (Lipinski definition) is 4. The highest BCUT2D eigenvalue weighted by Crippen LogP contribution is 2.14. The quantitative estimate of drug-likeness (QED) is 0.745. The number of primary sulfonamides is 1. The van der Waals surface area contributed by atoms with Crippen molar-refractivity contribution in [3.8, 4) is 0 Å². The van der Waals surface area contributed by atoms with Crippen LogP contribution < -0.4 is 5.14 Å². The average Bonchev–Trinajstić information content (AvgIpc) is 2.28. The Balaban J connectivity index is 2.43. The summed E-state index contributed by atoms with van der Waals surface area (Å²) in [6, 6.07) is 0.130. The molecule has 0 saturated carbocycles. The fourth-order valence-corrected chi connectivity index (χ4v) is 2.67. The zero-order valence-electron chi connectivity index (χ0n) is 10.8. The number of carbonyl (C=O) groups excluding carboxylic acids is 1. The molecule has 0 aromatic heterocycles. The highest BCUT2D eigenvalue weighted by Gasteiger charge is 2.26. The minimum absolute atomic E-state index is 0.000370. The van der Waals surface area contributed by atoms with Crippen molar-refractivity contribution in [2.75, 3.05) is 25.5 Å². The van der Waals surface area contributed by atoms with Crippen molar-refractivity contribution in [1.29, 1.82) is 0 Å². The summed E-state index contributed by atoms with van der Waals surface area (Å²) in [5.41, 5.74) is 0. The predicted octanol–water partition coefficient (Wildman–Crippen LogP) is 0.0826. The maximum atomic E-state index is 12.0. The van der Waals surface area contributed by atoms with Crippen LogP contribution in [0.4, 0.5) is 0 Å². The van der Waals surface area contributed by atoms with E-state index in [4.69, 9.17) is 9.88 Å². The number of carbonyl (C=O) groups is 1. The van der Waals surface area contributed by atoms with Crippen molar-refractivity contribution in [2.45, 2.75) is 38.6 Å². The second-order valence-corrected chi connectivity index (χ2v) is 6.31. The van der Waals surface area contributed by atoms with E-state index in [0.717, 1.165) is 12.8 Å². The molecule has 0 bridgehead atoms. The second kappa shape index (κ2) is 7.06. The Morgan fingerprint density at radius 3 is 2.83 bits per heavy atom. The maximum absolute atomic E-state index is 12.0. The fraction of sp³-hybridized carbons (Fsp3) is 0.909. The lowest BCUT2D eigenvalue weighted by Gasteiger charge is -2.35. The molecule has 0 radical (unpaired) electrons. The molecule has 1 amide bonds. The third-order valence-corrected chi connectivity index (χ3v) is 3.85. The van der Waals surface area contributed by atoms with E-state index in [2.05, 4.69) is 6.92 Å². The predicted molar refractivity (Wildman–Crippen MR) is 68.4 cm³/mol. The summed E-state index contributed by atoms with van der Waals surface area (Å²) in [5, 5.41) is 4.90. The Morgan fingerprint density at radius 2 is 2.22 bits per heavy atom. The van der Waals surface area contributed by atoms with Crippen molar-refractivity contribution in [2.24, 2.45) is 5.14 Å². The molecule has 106 valence electrons. The van der Waals surface area contributed by atoms with E-state index in [-0.39, 0.29) is 30.5 Å². The maximum Gasteiger partial charge on any atom is 0.223 e. The zero-order chi connectivity index (χ0) is 13.6. The monoisotopic (exact) mass is 278 g/mol. The summed E-state index contributed by atoms with van der Waals surface area (Å²) in [7, 11) is -3.47. The van der Waals surface area contributed by atoms with Gasteiger partial charge in [-0.15, -0.1) is 0 Å². The summed E-state index contributed by atoms with van der Waals surface area (Å²) >= 11 is 0. The second-order valence-electron chi connectivity index (χ2n) is 4.58. The first kappa shape index (κ1) is 15.4. The minimum atomic E-state index is -3.47. The first-order valence-corrected chi connectivity index (χ1v) is 8.03. The molecule has 1 rings (SSSR count). The van der Waals surface area contributed by atoms with E-state index in [1.54, 1.807) is 0 Å². The molecule has 7 heteroatoms. The Bertz CT molecular complexity index is 367. The lowest BCUT2D eigenvalue weighted by atomic mass is 10.1. The van der Waals surface area contributed by atoms with Gasteiger partial charge in [-0.1, -0.05) is 13.3 Å². The topological polar surface area (TPSA) is 89.7 Å². The van der Waals surface area contributed by atoms with Gasteiger partial charge < -0.3 is 9.64 Å². The molecule has 0 aromatic carbocycles. The molecule has 2 N–H and O–H groups in total. The number of amides is 1. The molecule has 18 heavy (non-hydrogen) atoms. The molecule has 1 atom stereocenters. The molecule has 0 spiro atoms. The van der Waals surface area contributed by atoms with Crippen LogP contribution in [0.3, 0.4) is 0 Å². The number of nitrogens with two attached hydrogens (primary N) is 1. The number of hydrogen-bond donors (Lipinski definition) is 1. The molecule has 1 heterocycles. The molecule has 1 aliphatic rings. The summed E-state index contributed by atoms with van der Waals surface area (Å²) in [6.07, 6.45) is 2.43. The van der Waals surface area contributed by atoms with Gasteiger partial charge in [0.1, 0.15) is 0 Å². The average molecular weight is 278 g/mol. The lowest BCUT2D eigenvalue weighted by Crippen LogP contribution is -2.48. The largest absolute Gasteiger partial charge is 0.377 e. The van der Waals surface area contributed by atoms with Crippen molar-refractivity contribution in [3.63, 3.8) is 0 Å². The van der Waals surface area contributed by atoms with Gasteiger partial charge in [0.15, 0.2) is 0 Å². The normalized spacial score (nSPS) is 21.0. The van der Waals surface area contributed by atoms with Crippen LogP contribution in [0.2, 0.25) is 0 Å². The van der Waals surface area contributed by atoms with Crippen LogP contribution in [0.15, 0.2) is 0 Å². The first-order valence-electron chi connectivity index (χ1n) is 6.31. The Kier molecular flexibility index (Phi) is 6.04. The number of ether oxygens (including phenoxy) is 1. The highest BCUT2D eigenvalue weighted by atomic mass is 32.2. The number of morpholine rings is 1. The molecule has 6 nitrogen and oxygen atoms in total. The SMILES string of the molecule is CCC[C@@H]1COCCN1C(=O)CCCS(N)(=O)=O. The molecular formula is C11H22N2O4S. The third-order valence-electron chi connectivity index (χ3n) is 2.99. The van der Waals surface area contributed by atoms with E-state index < -0.39 is 10.0 Å². The van der Waals surface area contributed by atoms with Crippen LogP contribution in [-0.2, 0) is 19.6 Å². The van der Waals surface area contributed by atoms with Crippen LogP contribution in [0.25, 0.3) is 0 Å². The van der Waals surface area contributed by atoms with Gasteiger partial charge in [-0.05, 0) is 12.8 Å². The Labute approximate surface area is 109 Å². The van der Waals surface area contributed by atoms with Gasteiger partial charge in [-0.2, -0.15) is 0 Å². The van der Waals surface area contributed by atoms with Crippen LogP contribution in [-0.4, -0.2) is 50.8 Å². The number of rotatable bonds is 6. The van der Waals surface area contributed by atoms with Gasteiger partial charge in [0.25, 0.3) is 0 Å². The fourth-order valence-electron chi connectivity index (χ4n) is 2.12. The molecular weight excluding hydrogens is 256 g/mol. The number of sulfonamides is 1. The molecule has 0 aliphatic carbocycles. The van der Waals surface area contributed by atoms with Crippen LogP contribution in [0.5, 0.6) is 0 Å². The van der Waals surface area contributed by atoms with Gasteiger partial charge >= 0.3 is 0 Å². The summed E-state index contributed by atoms with van der Waals surface area (Å²) in [4.78, 5) is 13.8. The minimum Gasteiger partial charge on any atom is -0.377 e. The lowest BCUT2D eigenvalue weighted by molar-refractivity contribution is -0.140. The van der Waals surface area contributed by atoms with E-state index in [1.807, 2.05) is 4.90 Å². The van der Waals surface area contributed by atoms with Gasteiger partial charge in [0.05, 0.1) is 25.0 Å². The van der Waals surface area contributed by atoms with Crippen molar-refractivity contribution < 1.29 is 17.9 Å². The first-order chi connectivity index (χ1) is 8.44. The van der Waals surface area contributed by atoms with E-state index in [1.165, 1.54) is 0 Å².